The maximum Gasteiger partial charge on any atom is 0.262 e. The minimum Gasteiger partial charge on any atom is -0.484 e. The first kappa shape index (κ1) is 16.5. The van der Waals surface area contributed by atoms with Gasteiger partial charge in [0, 0.05) is 17.3 Å². The lowest BCUT2D eigenvalue weighted by Gasteiger charge is -2.09. The summed E-state index contributed by atoms with van der Waals surface area (Å²) in [6.45, 7) is -0.162. The van der Waals surface area contributed by atoms with Crippen LogP contribution in [-0.4, -0.2) is 24.5 Å². The third-order valence-electron chi connectivity index (χ3n) is 3.67. The third-order valence-corrected chi connectivity index (χ3v) is 3.67. The Hall–Kier alpha value is -3.33. The van der Waals surface area contributed by atoms with E-state index in [2.05, 4.69) is 10.6 Å². The van der Waals surface area contributed by atoms with E-state index >= 15 is 0 Å². The molecule has 0 bridgehead atoms. The Kier molecular flexibility index (Phi) is 4.95. The average Bonchev–Trinajstić information content (AvgIpc) is 3.44. The Morgan fingerprint density at radius 1 is 1.16 bits per heavy atom. The molecule has 0 heterocycles. The second-order valence-corrected chi connectivity index (χ2v) is 5.80. The molecule has 1 aliphatic rings. The number of nitrogens with zero attached hydrogens (tertiary/aromatic N) is 1. The highest BCUT2D eigenvalue weighted by atomic mass is 16.5. The molecule has 2 aromatic carbocycles. The molecule has 2 N–H and O–H groups in total. The monoisotopic (exact) mass is 335 g/mol. The van der Waals surface area contributed by atoms with Crippen molar-refractivity contribution in [1.29, 1.82) is 5.26 Å². The lowest BCUT2D eigenvalue weighted by Crippen LogP contribution is -2.25. The maximum absolute atomic E-state index is 12.0. The van der Waals surface area contributed by atoms with Gasteiger partial charge >= 0.3 is 0 Å². The number of ether oxygens (including phenoxy) is 1. The SMILES string of the molecule is N#Cc1ccc(OCC(=O)Nc2cccc(C(=O)NC3CC3)c2)cc1. The van der Waals surface area contributed by atoms with Crippen LogP contribution in [0, 0.1) is 11.3 Å². The van der Waals surface area contributed by atoms with Crippen molar-refractivity contribution in [3.63, 3.8) is 0 Å². The quantitative estimate of drug-likeness (QED) is 0.848. The molecule has 0 radical (unpaired) electrons. The number of amides is 2. The van der Waals surface area contributed by atoms with Gasteiger partial charge in [-0.3, -0.25) is 9.59 Å². The van der Waals surface area contributed by atoms with E-state index in [1.807, 2.05) is 6.07 Å². The fraction of sp³-hybridized carbons (Fsp3) is 0.211. The molecule has 0 unspecified atom stereocenters. The Balaban J connectivity index is 1.53. The number of rotatable bonds is 6. The lowest BCUT2D eigenvalue weighted by molar-refractivity contribution is -0.118. The highest BCUT2D eigenvalue weighted by Gasteiger charge is 2.23. The van der Waals surface area contributed by atoms with Gasteiger partial charge in [-0.25, -0.2) is 0 Å². The van der Waals surface area contributed by atoms with Gasteiger partial charge in [-0.15, -0.1) is 0 Å². The van der Waals surface area contributed by atoms with Crippen LogP contribution < -0.4 is 15.4 Å². The minimum atomic E-state index is -0.330. The van der Waals surface area contributed by atoms with E-state index in [1.54, 1.807) is 48.5 Å². The van der Waals surface area contributed by atoms with Gasteiger partial charge in [0.1, 0.15) is 5.75 Å². The van der Waals surface area contributed by atoms with E-state index in [9.17, 15) is 9.59 Å². The summed E-state index contributed by atoms with van der Waals surface area (Å²) in [7, 11) is 0. The van der Waals surface area contributed by atoms with E-state index in [1.165, 1.54) is 0 Å². The number of hydrogen-bond donors (Lipinski definition) is 2. The van der Waals surface area contributed by atoms with Gasteiger partial charge in [-0.1, -0.05) is 6.07 Å². The van der Waals surface area contributed by atoms with Crippen molar-refractivity contribution < 1.29 is 14.3 Å². The van der Waals surface area contributed by atoms with Crippen molar-refractivity contribution in [2.45, 2.75) is 18.9 Å². The van der Waals surface area contributed by atoms with Gasteiger partial charge in [0.05, 0.1) is 11.6 Å². The van der Waals surface area contributed by atoms with Gasteiger partial charge in [0.15, 0.2) is 6.61 Å². The lowest BCUT2D eigenvalue weighted by atomic mass is 10.2. The van der Waals surface area contributed by atoms with Gasteiger partial charge < -0.3 is 15.4 Å². The minimum absolute atomic E-state index is 0.132. The van der Waals surface area contributed by atoms with Crippen molar-refractivity contribution in [2.24, 2.45) is 0 Å². The van der Waals surface area contributed by atoms with E-state index in [0.29, 0.717) is 22.6 Å². The van der Waals surface area contributed by atoms with Crippen LogP contribution in [0.25, 0.3) is 0 Å². The molecule has 0 aliphatic heterocycles. The summed E-state index contributed by atoms with van der Waals surface area (Å²) in [5.41, 5.74) is 1.58. The molecule has 6 heteroatoms. The first-order chi connectivity index (χ1) is 12.1. The fourth-order valence-corrected chi connectivity index (χ4v) is 2.21. The van der Waals surface area contributed by atoms with Gasteiger partial charge in [-0.2, -0.15) is 5.26 Å². The number of carbonyl (C=O) groups is 2. The van der Waals surface area contributed by atoms with Crippen LogP contribution in [0.5, 0.6) is 5.75 Å². The van der Waals surface area contributed by atoms with E-state index in [0.717, 1.165) is 12.8 Å². The second kappa shape index (κ2) is 7.49. The number of benzene rings is 2. The highest BCUT2D eigenvalue weighted by Crippen LogP contribution is 2.20. The molecular formula is C19H17N3O3. The number of carbonyl (C=O) groups excluding carboxylic acids is 2. The molecule has 3 rings (SSSR count). The molecule has 6 nitrogen and oxygen atoms in total. The van der Waals surface area contributed by atoms with Crippen LogP contribution in [0.4, 0.5) is 5.69 Å². The average molecular weight is 335 g/mol. The Bertz CT molecular complexity index is 821. The zero-order valence-electron chi connectivity index (χ0n) is 13.5. The van der Waals surface area contributed by atoms with Crippen LogP contribution in [-0.2, 0) is 4.79 Å². The zero-order valence-corrected chi connectivity index (χ0v) is 13.5. The molecule has 1 saturated carbocycles. The third kappa shape index (κ3) is 4.82. The number of nitriles is 1. The van der Waals surface area contributed by atoms with Gasteiger partial charge in [0.2, 0.25) is 0 Å². The van der Waals surface area contributed by atoms with Crippen LogP contribution in [0.2, 0.25) is 0 Å². The Morgan fingerprint density at radius 3 is 2.60 bits per heavy atom. The van der Waals surface area contributed by atoms with Crippen LogP contribution in [0.15, 0.2) is 48.5 Å². The normalized spacial score (nSPS) is 12.8. The second-order valence-electron chi connectivity index (χ2n) is 5.80. The standard InChI is InChI=1S/C19H17N3O3/c20-11-13-4-8-17(9-5-13)25-12-18(23)21-16-3-1-2-14(10-16)19(24)22-15-6-7-15/h1-5,8-10,15H,6-7,12H2,(H,21,23)(H,22,24). The summed E-state index contributed by atoms with van der Waals surface area (Å²) in [5.74, 6) is 0.0447. The van der Waals surface area contributed by atoms with Crippen molar-refractivity contribution in [3.05, 3.63) is 59.7 Å². The predicted molar refractivity (Wildman–Crippen MR) is 92.2 cm³/mol. The molecule has 126 valence electrons. The van der Waals surface area contributed by atoms with Crippen molar-refractivity contribution in [1.82, 2.24) is 5.32 Å². The summed E-state index contributed by atoms with van der Waals surface area (Å²) in [6.07, 6.45) is 2.05. The number of nitrogens with one attached hydrogen (secondary N) is 2. The van der Waals surface area contributed by atoms with Crippen molar-refractivity contribution in [2.75, 3.05) is 11.9 Å². The first-order valence-electron chi connectivity index (χ1n) is 7.98. The molecule has 1 fully saturated rings. The molecule has 2 amide bonds. The predicted octanol–water partition coefficient (Wildman–Crippen LogP) is 2.47. The maximum atomic E-state index is 12.0. The summed E-state index contributed by atoms with van der Waals surface area (Å²) >= 11 is 0. The molecular weight excluding hydrogens is 318 g/mol. The van der Waals surface area contributed by atoms with E-state index < -0.39 is 0 Å². The van der Waals surface area contributed by atoms with Gasteiger partial charge in [-0.05, 0) is 55.3 Å². The molecule has 0 atom stereocenters. The van der Waals surface area contributed by atoms with Crippen LogP contribution >= 0.6 is 0 Å². The summed E-state index contributed by atoms with van der Waals surface area (Å²) in [6, 6.07) is 15.6. The Morgan fingerprint density at radius 2 is 1.92 bits per heavy atom. The van der Waals surface area contributed by atoms with Crippen LogP contribution in [0.1, 0.15) is 28.8 Å². The fourth-order valence-electron chi connectivity index (χ4n) is 2.21. The molecule has 0 aromatic heterocycles. The highest BCUT2D eigenvalue weighted by molar-refractivity contribution is 5.97. The van der Waals surface area contributed by atoms with E-state index in [4.69, 9.17) is 10.00 Å². The topological polar surface area (TPSA) is 91.2 Å². The zero-order chi connectivity index (χ0) is 17.6. The molecule has 0 saturated heterocycles. The smallest absolute Gasteiger partial charge is 0.262 e. The number of hydrogen-bond acceptors (Lipinski definition) is 4. The van der Waals surface area contributed by atoms with E-state index in [-0.39, 0.29) is 24.5 Å². The Labute approximate surface area is 145 Å². The molecule has 1 aliphatic carbocycles. The van der Waals surface area contributed by atoms with Crippen molar-refractivity contribution >= 4 is 17.5 Å². The first-order valence-corrected chi connectivity index (χ1v) is 7.98. The van der Waals surface area contributed by atoms with Gasteiger partial charge in [0.25, 0.3) is 11.8 Å². The molecule has 25 heavy (non-hydrogen) atoms. The largest absolute Gasteiger partial charge is 0.484 e. The van der Waals surface area contributed by atoms with Crippen molar-refractivity contribution in [3.8, 4) is 11.8 Å². The summed E-state index contributed by atoms with van der Waals surface area (Å²) in [4.78, 5) is 24.0. The summed E-state index contributed by atoms with van der Waals surface area (Å²) in [5, 5.41) is 14.4. The summed E-state index contributed by atoms with van der Waals surface area (Å²) < 4.78 is 5.38. The molecule has 0 spiro atoms. The number of anilines is 1. The molecule has 2 aromatic rings. The van der Waals surface area contributed by atoms with Crippen LogP contribution in [0.3, 0.4) is 0 Å².